The number of aliphatic hydroxyl groups is 1. The van der Waals surface area contributed by atoms with Gasteiger partial charge in [0.1, 0.15) is 5.69 Å². The lowest BCUT2D eigenvalue weighted by atomic mass is 10.2. The van der Waals surface area contributed by atoms with Gasteiger partial charge in [0.25, 0.3) is 0 Å². The SMILES string of the molecule is Cc1c(C=O)nnn1C(C)CCO. The number of aliphatic hydroxyl groups excluding tert-OH is 1. The number of hydrogen-bond donors (Lipinski definition) is 1. The number of carbonyl (C=O) groups is 1. The number of aromatic nitrogens is 3. The first kappa shape index (κ1) is 9.85. The van der Waals surface area contributed by atoms with Gasteiger partial charge in [0.15, 0.2) is 6.29 Å². The smallest absolute Gasteiger partial charge is 0.172 e. The normalized spacial score (nSPS) is 12.8. The van der Waals surface area contributed by atoms with Crippen LogP contribution in [0.25, 0.3) is 0 Å². The van der Waals surface area contributed by atoms with Crippen molar-refractivity contribution in [3.63, 3.8) is 0 Å². The summed E-state index contributed by atoms with van der Waals surface area (Å²) < 4.78 is 1.65. The topological polar surface area (TPSA) is 68.0 Å². The third kappa shape index (κ3) is 1.92. The molecule has 5 nitrogen and oxygen atoms in total. The highest BCUT2D eigenvalue weighted by Crippen LogP contribution is 2.12. The number of aldehydes is 1. The van der Waals surface area contributed by atoms with E-state index in [1.165, 1.54) is 0 Å². The van der Waals surface area contributed by atoms with Crippen LogP contribution in [0.2, 0.25) is 0 Å². The molecule has 0 aliphatic heterocycles. The zero-order chi connectivity index (χ0) is 9.84. The molecular weight excluding hydrogens is 170 g/mol. The van der Waals surface area contributed by atoms with Gasteiger partial charge in [0.2, 0.25) is 0 Å². The van der Waals surface area contributed by atoms with Crippen molar-refractivity contribution in [1.82, 2.24) is 15.0 Å². The van der Waals surface area contributed by atoms with Gasteiger partial charge >= 0.3 is 0 Å². The first-order valence-corrected chi connectivity index (χ1v) is 4.18. The van der Waals surface area contributed by atoms with E-state index in [-0.39, 0.29) is 12.6 Å². The van der Waals surface area contributed by atoms with Crippen molar-refractivity contribution >= 4 is 6.29 Å². The molecule has 0 saturated carbocycles. The maximum absolute atomic E-state index is 10.5. The first-order valence-electron chi connectivity index (χ1n) is 4.18. The van der Waals surface area contributed by atoms with Crippen molar-refractivity contribution in [2.24, 2.45) is 0 Å². The van der Waals surface area contributed by atoms with Gasteiger partial charge in [-0.3, -0.25) is 4.79 Å². The minimum absolute atomic E-state index is 0.0752. The van der Waals surface area contributed by atoms with Gasteiger partial charge < -0.3 is 5.11 Å². The third-order valence-electron chi connectivity index (χ3n) is 2.04. The summed E-state index contributed by atoms with van der Waals surface area (Å²) >= 11 is 0. The molecule has 1 aromatic rings. The van der Waals surface area contributed by atoms with Gasteiger partial charge in [0.05, 0.1) is 11.7 Å². The molecular formula is C8H13N3O2. The molecule has 72 valence electrons. The first-order chi connectivity index (χ1) is 6.20. The molecule has 0 spiro atoms. The molecule has 1 unspecified atom stereocenters. The van der Waals surface area contributed by atoms with Crippen molar-refractivity contribution in [3.8, 4) is 0 Å². The Labute approximate surface area is 76.4 Å². The second-order valence-corrected chi connectivity index (χ2v) is 2.98. The molecule has 1 N–H and O–H groups in total. The average Bonchev–Trinajstić information content (AvgIpc) is 2.47. The van der Waals surface area contributed by atoms with Gasteiger partial charge in [0, 0.05) is 6.61 Å². The number of hydrogen-bond acceptors (Lipinski definition) is 4. The minimum Gasteiger partial charge on any atom is -0.396 e. The van der Waals surface area contributed by atoms with Crippen LogP contribution >= 0.6 is 0 Å². The van der Waals surface area contributed by atoms with Gasteiger partial charge in [-0.1, -0.05) is 5.21 Å². The molecule has 1 aromatic heterocycles. The summed E-state index contributed by atoms with van der Waals surface area (Å²) in [4.78, 5) is 10.5. The fraction of sp³-hybridized carbons (Fsp3) is 0.625. The lowest BCUT2D eigenvalue weighted by Gasteiger charge is -2.10. The van der Waals surface area contributed by atoms with E-state index in [0.717, 1.165) is 5.69 Å². The molecule has 0 saturated heterocycles. The zero-order valence-electron chi connectivity index (χ0n) is 7.77. The average molecular weight is 183 g/mol. The van der Waals surface area contributed by atoms with E-state index >= 15 is 0 Å². The third-order valence-corrected chi connectivity index (χ3v) is 2.04. The second kappa shape index (κ2) is 4.13. The second-order valence-electron chi connectivity index (χ2n) is 2.98. The number of carbonyl (C=O) groups excluding carboxylic acids is 1. The Morgan fingerprint density at radius 2 is 2.38 bits per heavy atom. The maximum Gasteiger partial charge on any atom is 0.172 e. The quantitative estimate of drug-likeness (QED) is 0.683. The van der Waals surface area contributed by atoms with Crippen molar-refractivity contribution in [1.29, 1.82) is 0 Å². The molecule has 13 heavy (non-hydrogen) atoms. The van der Waals surface area contributed by atoms with Gasteiger partial charge in [-0.05, 0) is 20.3 Å². The van der Waals surface area contributed by atoms with Crippen molar-refractivity contribution in [2.45, 2.75) is 26.3 Å². The van der Waals surface area contributed by atoms with Crippen LogP contribution in [0, 0.1) is 6.92 Å². The van der Waals surface area contributed by atoms with Crippen LogP contribution in [0.4, 0.5) is 0 Å². The molecule has 0 fully saturated rings. The summed E-state index contributed by atoms with van der Waals surface area (Å²) in [6.45, 7) is 3.82. The van der Waals surface area contributed by atoms with Crippen molar-refractivity contribution in [2.75, 3.05) is 6.61 Å². The Kier molecular flexibility index (Phi) is 3.13. The van der Waals surface area contributed by atoms with E-state index in [0.29, 0.717) is 18.4 Å². The Hall–Kier alpha value is -1.23. The Morgan fingerprint density at radius 1 is 1.69 bits per heavy atom. The van der Waals surface area contributed by atoms with Gasteiger partial charge in [-0.2, -0.15) is 0 Å². The van der Waals surface area contributed by atoms with E-state index in [9.17, 15) is 4.79 Å². The Balaban J connectivity index is 2.88. The van der Waals surface area contributed by atoms with Gasteiger partial charge in [-0.25, -0.2) is 4.68 Å². The number of nitrogens with zero attached hydrogens (tertiary/aromatic N) is 3. The molecule has 0 aliphatic rings. The largest absolute Gasteiger partial charge is 0.396 e. The highest BCUT2D eigenvalue weighted by Gasteiger charge is 2.12. The van der Waals surface area contributed by atoms with Crippen LogP contribution in [0.15, 0.2) is 0 Å². The molecule has 1 heterocycles. The summed E-state index contributed by atoms with van der Waals surface area (Å²) in [5.41, 5.74) is 1.11. The van der Waals surface area contributed by atoms with E-state index in [4.69, 9.17) is 5.11 Å². The lowest BCUT2D eigenvalue weighted by molar-refractivity contribution is 0.111. The standard InChI is InChI=1S/C8H13N3O2/c1-6(3-4-12)11-7(2)8(5-13)9-10-11/h5-6,12H,3-4H2,1-2H3. The van der Waals surface area contributed by atoms with E-state index in [1.807, 2.05) is 6.92 Å². The Bertz CT molecular complexity index is 296. The Morgan fingerprint density at radius 3 is 2.85 bits per heavy atom. The van der Waals surface area contributed by atoms with Crippen LogP contribution < -0.4 is 0 Å². The molecule has 1 rings (SSSR count). The lowest BCUT2D eigenvalue weighted by Crippen LogP contribution is -2.10. The van der Waals surface area contributed by atoms with Crippen LogP contribution in [0.3, 0.4) is 0 Å². The number of rotatable bonds is 4. The predicted octanol–water partition coefficient (Wildman–Crippen LogP) is 0.342. The summed E-state index contributed by atoms with van der Waals surface area (Å²) in [7, 11) is 0. The van der Waals surface area contributed by atoms with E-state index in [1.54, 1.807) is 11.6 Å². The predicted molar refractivity (Wildman–Crippen MR) is 46.6 cm³/mol. The highest BCUT2D eigenvalue weighted by molar-refractivity contribution is 5.72. The summed E-state index contributed by atoms with van der Waals surface area (Å²) in [5.74, 6) is 0. The maximum atomic E-state index is 10.5. The van der Waals surface area contributed by atoms with Gasteiger partial charge in [-0.15, -0.1) is 5.10 Å². The summed E-state index contributed by atoms with van der Waals surface area (Å²) in [6, 6.07) is 0.0752. The molecule has 0 aromatic carbocycles. The molecule has 0 bridgehead atoms. The monoisotopic (exact) mass is 183 g/mol. The van der Waals surface area contributed by atoms with E-state index in [2.05, 4.69) is 10.3 Å². The van der Waals surface area contributed by atoms with Crippen LogP contribution in [0.1, 0.15) is 35.6 Å². The van der Waals surface area contributed by atoms with Crippen LogP contribution in [-0.4, -0.2) is 33.0 Å². The summed E-state index contributed by atoms with van der Waals surface area (Å²) in [6.07, 6.45) is 1.30. The molecule has 0 aliphatic carbocycles. The molecule has 0 radical (unpaired) electrons. The minimum atomic E-state index is 0.0752. The molecule has 5 heteroatoms. The van der Waals surface area contributed by atoms with Crippen LogP contribution in [-0.2, 0) is 0 Å². The molecule has 1 atom stereocenters. The fourth-order valence-corrected chi connectivity index (χ4v) is 1.19. The fourth-order valence-electron chi connectivity index (χ4n) is 1.19. The van der Waals surface area contributed by atoms with Crippen molar-refractivity contribution < 1.29 is 9.90 Å². The van der Waals surface area contributed by atoms with E-state index < -0.39 is 0 Å². The highest BCUT2D eigenvalue weighted by atomic mass is 16.3. The molecule has 0 amide bonds. The zero-order valence-corrected chi connectivity index (χ0v) is 7.77. The van der Waals surface area contributed by atoms with Crippen molar-refractivity contribution in [3.05, 3.63) is 11.4 Å². The van der Waals surface area contributed by atoms with Crippen LogP contribution in [0.5, 0.6) is 0 Å². The summed E-state index contributed by atoms with van der Waals surface area (Å²) in [5, 5.41) is 16.3.